The van der Waals surface area contributed by atoms with Gasteiger partial charge in [0.2, 0.25) is 5.91 Å². The van der Waals surface area contributed by atoms with E-state index in [1.54, 1.807) is 11.8 Å². The molecule has 0 saturated carbocycles. The molecule has 1 aliphatic heterocycles. The summed E-state index contributed by atoms with van der Waals surface area (Å²) in [6, 6.07) is 14.3. The van der Waals surface area contributed by atoms with Crippen molar-refractivity contribution in [1.29, 1.82) is 0 Å². The number of carbonyl (C=O) groups excluding carboxylic acids is 1. The molecule has 1 aliphatic rings. The first-order chi connectivity index (χ1) is 9.22. The summed E-state index contributed by atoms with van der Waals surface area (Å²) in [5.74, 6) is -0.0477. The van der Waals surface area contributed by atoms with Gasteiger partial charge in [-0.05, 0) is 35.4 Å². The average Bonchev–Trinajstić information content (AvgIpc) is 2.57. The lowest BCUT2D eigenvalue weighted by atomic mass is 10.1. The number of fused-ring (bicyclic) bond motifs is 2. The minimum atomic E-state index is -0.0477. The van der Waals surface area contributed by atoms with E-state index in [1.165, 1.54) is 22.3 Å². The van der Waals surface area contributed by atoms with Crippen LogP contribution < -0.4 is 5.32 Å². The number of hydrogen-bond donors (Lipinski definition) is 1. The van der Waals surface area contributed by atoms with E-state index in [-0.39, 0.29) is 5.91 Å². The van der Waals surface area contributed by atoms with Crippen LogP contribution in [0, 0.1) is 0 Å². The van der Waals surface area contributed by atoms with Gasteiger partial charge in [-0.1, -0.05) is 42.1 Å². The quantitative estimate of drug-likeness (QED) is 0.713. The minimum Gasteiger partial charge on any atom is -0.326 e. The molecule has 0 radical (unpaired) electrons. The number of anilines is 1. The van der Waals surface area contributed by atoms with Gasteiger partial charge in [0.15, 0.2) is 0 Å². The molecule has 0 unspecified atom stereocenters. The number of nitrogens with one attached hydrogen (secondary N) is 1. The third kappa shape index (κ3) is 2.56. The smallest absolute Gasteiger partial charge is 0.221 e. The highest BCUT2D eigenvalue weighted by Gasteiger charge is 2.10. The molecule has 0 aliphatic carbocycles. The van der Waals surface area contributed by atoms with Crippen LogP contribution in [-0.4, -0.2) is 5.91 Å². The summed E-state index contributed by atoms with van der Waals surface area (Å²) in [6.07, 6.45) is 4.21. The maximum Gasteiger partial charge on any atom is 0.221 e. The Bertz CT molecular complexity index is 676. The number of amides is 1. The lowest BCUT2D eigenvalue weighted by Gasteiger charge is -2.08. The zero-order valence-corrected chi connectivity index (χ0v) is 11.3. The van der Waals surface area contributed by atoms with Crippen molar-refractivity contribution in [2.75, 3.05) is 5.32 Å². The van der Waals surface area contributed by atoms with Crippen molar-refractivity contribution in [1.82, 2.24) is 0 Å². The van der Waals surface area contributed by atoms with E-state index >= 15 is 0 Å². The van der Waals surface area contributed by atoms with E-state index in [4.69, 9.17) is 0 Å². The Balaban J connectivity index is 2.01. The molecule has 2 nitrogen and oxygen atoms in total. The van der Waals surface area contributed by atoms with Crippen molar-refractivity contribution < 1.29 is 4.79 Å². The van der Waals surface area contributed by atoms with Gasteiger partial charge in [-0.3, -0.25) is 4.79 Å². The molecule has 0 saturated heterocycles. The molecule has 0 fully saturated rings. The molecule has 2 aromatic rings. The Morgan fingerprint density at radius 2 is 1.74 bits per heavy atom. The molecule has 0 atom stereocenters. The largest absolute Gasteiger partial charge is 0.326 e. The molecule has 3 heteroatoms. The number of carbonyl (C=O) groups is 1. The van der Waals surface area contributed by atoms with Crippen LogP contribution in [0.3, 0.4) is 0 Å². The van der Waals surface area contributed by atoms with Gasteiger partial charge in [0.05, 0.1) is 0 Å². The van der Waals surface area contributed by atoms with E-state index in [0.717, 1.165) is 11.3 Å². The Morgan fingerprint density at radius 1 is 1.00 bits per heavy atom. The van der Waals surface area contributed by atoms with Crippen LogP contribution in [-0.2, 0) is 4.79 Å². The molecular weight excluding hydrogens is 254 g/mol. The van der Waals surface area contributed by atoms with Crippen molar-refractivity contribution in [3.05, 3.63) is 53.6 Å². The van der Waals surface area contributed by atoms with Gasteiger partial charge in [-0.25, -0.2) is 0 Å². The highest BCUT2D eigenvalue weighted by atomic mass is 32.2. The average molecular weight is 267 g/mol. The van der Waals surface area contributed by atoms with Gasteiger partial charge in [0, 0.05) is 22.4 Å². The normalized spacial score (nSPS) is 12.3. The highest BCUT2D eigenvalue weighted by molar-refractivity contribution is 7.99. The number of benzene rings is 2. The van der Waals surface area contributed by atoms with Crippen LogP contribution in [0.4, 0.5) is 5.69 Å². The molecule has 19 heavy (non-hydrogen) atoms. The molecule has 0 aromatic heterocycles. The topological polar surface area (TPSA) is 29.1 Å². The summed E-state index contributed by atoms with van der Waals surface area (Å²) in [4.78, 5) is 13.6. The highest BCUT2D eigenvalue weighted by Crippen LogP contribution is 2.38. The summed E-state index contributed by atoms with van der Waals surface area (Å²) in [7, 11) is 0. The Morgan fingerprint density at radius 3 is 2.58 bits per heavy atom. The molecule has 1 N–H and O–H groups in total. The van der Waals surface area contributed by atoms with Crippen LogP contribution in [0.1, 0.15) is 18.1 Å². The van der Waals surface area contributed by atoms with Crippen molar-refractivity contribution in [2.45, 2.75) is 16.7 Å². The predicted octanol–water partition coefficient (Wildman–Crippen LogP) is 4.28. The second-order valence-corrected chi connectivity index (χ2v) is 5.49. The Kier molecular flexibility index (Phi) is 3.13. The number of rotatable bonds is 1. The van der Waals surface area contributed by atoms with Crippen LogP contribution in [0.15, 0.2) is 52.3 Å². The third-order valence-corrected chi connectivity index (χ3v) is 4.09. The van der Waals surface area contributed by atoms with Gasteiger partial charge in [-0.15, -0.1) is 0 Å². The van der Waals surface area contributed by atoms with Crippen molar-refractivity contribution >= 4 is 35.5 Å². The van der Waals surface area contributed by atoms with Gasteiger partial charge >= 0.3 is 0 Å². The van der Waals surface area contributed by atoms with Crippen molar-refractivity contribution in [3.8, 4) is 0 Å². The molecule has 3 rings (SSSR count). The van der Waals surface area contributed by atoms with E-state index in [9.17, 15) is 4.79 Å². The first-order valence-electron chi connectivity index (χ1n) is 6.09. The van der Waals surface area contributed by atoms with Crippen LogP contribution in [0.25, 0.3) is 12.2 Å². The lowest BCUT2D eigenvalue weighted by Crippen LogP contribution is -2.05. The fraction of sp³-hybridized carbons (Fsp3) is 0.0625. The van der Waals surface area contributed by atoms with Gasteiger partial charge < -0.3 is 5.32 Å². The summed E-state index contributed by atoms with van der Waals surface area (Å²) in [5, 5.41) is 2.81. The molecule has 0 spiro atoms. The molecular formula is C16H13NOS. The van der Waals surface area contributed by atoms with Crippen LogP contribution in [0.2, 0.25) is 0 Å². The molecule has 0 bridgehead atoms. The first kappa shape index (κ1) is 12.1. The maximum atomic E-state index is 11.1. The Hall–Kier alpha value is -2.00. The maximum absolute atomic E-state index is 11.1. The van der Waals surface area contributed by atoms with Crippen LogP contribution >= 0.6 is 11.8 Å². The first-order valence-corrected chi connectivity index (χ1v) is 6.90. The second kappa shape index (κ2) is 4.94. The van der Waals surface area contributed by atoms with E-state index in [0.29, 0.717) is 0 Å². The fourth-order valence-electron chi connectivity index (χ4n) is 2.06. The lowest BCUT2D eigenvalue weighted by molar-refractivity contribution is -0.114. The van der Waals surface area contributed by atoms with E-state index < -0.39 is 0 Å². The Labute approximate surface area is 116 Å². The standard InChI is InChI=1S/C16H13NOS/c1-11(18)17-14-8-9-16-13(10-14)7-6-12-4-2-3-5-15(12)19-16/h2-10H,1H3,(H,17,18). The predicted molar refractivity (Wildman–Crippen MR) is 80.2 cm³/mol. The molecule has 1 heterocycles. The van der Waals surface area contributed by atoms with Crippen LogP contribution in [0.5, 0.6) is 0 Å². The van der Waals surface area contributed by atoms with E-state index in [2.05, 4.69) is 41.7 Å². The summed E-state index contributed by atoms with van der Waals surface area (Å²) >= 11 is 1.76. The van der Waals surface area contributed by atoms with Crippen molar-refractivity contribution in [3.63, 3.8) is 0 Å². The minimum absolute atomic E-state index is 0.0477. The zero-order valence-electron chi connectivity index (χ0n) is 10.5. The summed E-state index contributed by atoms with van der Waals surface area (Å²) in [5.41, 5.74) is 3.19. The molecule has 94 valence electrons. The SMILES string of the molecule is CC(=O)Nc1ccc2c(c1)C=Cc1ccccc1S2. The van der Waals surface area contributed by atoms with Crippen molar-refractivity contribution in [2.24, 2.45) is 0 Å². The third-order valence-electron chi connectivity index (χ3n) is 2.91. The fourth-order valence-corrected chi connectivity index (χ4v) is 3.08. The van der Waals surface area contributed by atoms with E-state index in [1.807, 2.05) is 18.2 Å². The molecule has 2 aromatic carbocycles. The number of hydrogen-bond acceptors (Lipinski definition) is 2. The summed E-state index contributed by atoms with van der Waals surface area (Å²) in [6.45, 7) is 1.52. The zero-order chi connectivity index (χ0) is 13.2. The second-order valence-electron chi connectivity index (χ2n) is 4.41. The summed E-state index contributed by atoms with van der Waals surface area (Å²) < 4.78 is 0. The van der Waals surface area contributed by atoms with Gasteiger partial charge in [0.25, 0.3) is 0 Å². The van der Waals surface area contributed by atoms with Gasteiger partial charge in [0.1, 0.15) is 0 Å². The monoisotopic (exact) mass is 267 g/mol. The molecule has 1 amide bonds. The van der Waals surface area contributed by atoms with Gasteiger partial charge in [-0.2, -0.15) is 0 Å².